The van der Waals surface area contributed by atoms with E-state index in [1.165, 1.54) is 5.75 Å². The van der Waals surface area contributed by atoms with Crippen molar-refractivity contribution in [1.82, 2.24) is 10.2 Å². The number of carbonyl (C=O) groups is 1. The molecule has 2 aliphatic rings. The second-order valence-electron chi connectivity index (χ2n) is 3.70. The van der Waals surface area contributed by atoms with Gasteiger partial charge in [0.25, 0.3) is 0 Å². The normalized spacial score (nSPS) is 26.9. The largest absolute Gasteiger partial charge is 0.335 e. The number of thioether (sulfide) groups is 1. The SMILES string of the molecule is O=C(CC1CSCCN1)N1CC=CC1. The Bertz CT molecular complexity index is 228. The van der Waals surface area contributed by atoms with Gasteiger partial charge in [-0.15, -0.1) is 0 Å². The Morgan fingerprint density at radius 2 is 2.29 bits per heavy atom. The molecule has 14 heavy (non-hydrogen) atoms. The monoisotopic (exact) mass is 212 g/mol. The second kappa shape index (κ2) is 4.84. The van der Waals surface area contributed by atoms with E-state index in [1.807, 2.05) is 16.7 Å². The van der Waals surface area contributed by atoms with E-state index in [2.05, 4.69) is 17.5 Å². The molecule has 78 valence electrons. The second-order valence-corrected chi connectivity index (χ2v) is 4.85. The molecule has 0 aromatic carbocycles. The van der Waals surface area contributed by atoms with Crippen molar-refractivity contribution in [2.45, 2.75) is 12.5 Å². The molecule has 0 aromatic heterocycles. The number of rotatable bonds is 2. The number of nitrogens with one attached hydrogen (secondary N) is 1. The van der Waals surface area contributed by atoms with Gasteiger partial charge in [0.2, 0.25) is 5.91 Å². The lowest BCUT2D eigenvalue weighted by molar-refractivity contribution is -0.130. The van der Waals surface area contributed by atoms with Gasteiger partial charge in [0.1, 0.15) is 0 Å². The van der Waals surface area contributed by atoms with E-state index in [0.29, 0.717) is 12.5 Å². The summed E-state index contributed by atoms with van der Waals surface area (Å²) in [5.74, 6) is 2.54. The molecule has 3 nitrogen and oxygen atoms in total. The van der Waals surface area contributed by atoms with Gasteiger partial charge in [0, 0.05) is 43.6 Å². The summed E-state index contributed by atoms with van der Waals surface area (Å²) in [6.07, 6.45) is 4.77. The lowest BCUT2D eigenvalue weighted by Crippen LogP contribution is -2.42. The van der Waals surface area contributed by atoms with Gasteiger partial charge in [-0.1, -0.05) is 12.2 Å². The van der Waals surface area contributed by atoms with Crippen LogP contribution in [0.1, 0.15) is 6.42 Å². The van der Waals surface area contributed by atoms with Gasteiger partial charge in [-0.05, 0) is 0 Å². The van der Waals surface area contributed by atoms with Gasteiger partial charge in [0.15, 0.2) is 0 Å². The number of amides is 1. The molecule has 0 radical (unpaired) electrons. The van der Waals surface area contributed by atoms with Crippen molar-refractivity contribution in [2.75, 3.05) is 31.1 Å². The van der Waals surface area contributed by atoms with Crippen LogP contribution < -0.4 is 5.32 Å². The topological polar surface area (TPSA) is 32.3 Å². The van der Waals surface area contributed by atoms with Crippen LogP contribution in [0.3, 0.4) is 0 Å². The third-order valence-electron chi connectivity index (χ3n) is 2.59. The number of nitrogens with zero attached hydrogens (tertiary/aromatic N) is 1. The third-order valence-corrected chi connectivity index (χ3v) is 3.72. The van der Waals surface area contributed by atoms with Crippen molar-refractivity contribution >= 4 is 17.7 Å². The molecule has 1 N–H and O–H groups in total. The number of carbonyl (C=O) groups excluding carboxylic acids is 1. The van der Waals surface area contributed by atoms with Gasteiger partial charge in [0.05, 0.1) is 0 Å². The predicted molar refractivity (Wildman–Crippen MR) is 59.5 cm³/mol. The molecule has 1 atom stereocenters. The minimum atomic E-state index is 0.287. The van der Waals surface area contributed by atoms with Crippen LogP contribution in [0, 0.1) is 0 Å². The van der Waals surface area contributed by atoms with Crippen LogP contribution in [0.15, 0.2) is 12.2 Å². The van der Waals surface area contributed by atoms with E-state index in [-0.39, 0.29) is 5.91 Å². The van der Waals surface area contributed by atoms with E-state index in [9.17, 15) is 4.79 Å². The predicted octanol–water partition coefficient (Wildman–Crippen LogP) is 0.480. The minimum Gasteiger partial charge on any atom is -0.335 e. The Morgan fingerprint density at radius 3 is 2.93 bits per heavy atom. The smallest absolute Gasteiger partial charge is 0.224 e. The van der Waals surface area contributed by atoms with Crippen LogP contribution in [0.5, 0.6) is 0 Å². The molecular formula is C10H16N2OS. The highest BCUT2D eigenvalue weighted by Crippen LogP contribution is 2.12. The highest BCUT2D eigenvalue weighted by atomic mass is 32.2. The molecule has 0 spiro atoms. The van der Waals surface area contributed by atoms with E-state index in [0.717, 1.165) is 25.4 Å². The summed E-state index contributed by atoms with van der Waals surface area (Å²) in [6, 6.07) is 0.391. The molecular weight excluding hydrogens is 196 g/mol. The van der Waals surface area contributed by atoms with Crippen molar-refractivity contribution in [1.29, 1.82) is 0 Å². The third kappa shape index (κ3) is 2.51. The molecule has 0 bridgehead atoms. The first kappa shape index (κ1) is 10.1. The van der Waals surface area contributed by atoms with Gasteiger partial charge < -0.3 is 10.2 Å². The number of hydrogen-bond acceptors (Lipinski definition) is 3. The maximum atomic E-state index is 11.8. The zero-order valence-electron chi connectivity index (χ0n) is 8.24. The van der Waals surface area contributed by atoms with Crippen molar-refractivity contribution in [3.8, 4) is 0 Å². The highest BCUT2D eigenvalue weighted by Gasteiger charge is 2.20. The van der Waals surface area contributed by atoms with Gasteiger partial charge in [-0.25, -0.2) is 0 Å². The zero-order valence-corrected chi connectivity index (χ0v) is 9.05. The fourth-order valence-electron chi connectivity index (χ4n) is 1.77. The first-order chi connectivity index (χ1) is 6.86. The van der Waals surface area contributed by atoms with Crippen molar-refractivity contribution < 1.29 is 4.79 Å². The summed E-state index contributed by atoms with van der Waals surface area (Å²) < 4.78 is 0. The highest BCUT2D eigenvalue weighted by molar-refractivity contribution is 7.99. The molecule has 0 aliphatic carbocycles. The molecule has 2 heterocycles. The van der Waals surface area contributed by atoms with Crippen molar-refractivity contribution in [3.05, 3.63) is 12.2 Å². The standard InChI is InChI=1S/C10H16N2OS/c13-10(12-4-1-2-5-12)7-9-8-14-6-3-11-9/h1-2,9,11H,3-8H2. The summed E-state index contributed by atoms with van der Waals surface area (Å²) in [5.41, 5.74) is 0. The molecule has 4 heteroatoms. The van der Waals surface area contributed by atoms with Gasteiger partial charge in [-0.2, -0.15) is 11.8 Å². The van der Waals surface area contributed by atoms with Crippen LogP contribution in [-0.4, -0.2) is 48.0 Å². The maximum absolute atomic E-state index is 11.8. The average Bonchev–Trinajstić information content (AvgIpc) is 2.72. The summed E-state index contributed by atoms with van der Waals surface area (Å²) in [7, 11) is 0. The van der Waals surface area contributed by atoms with E-state index >= 15 is 0 Å². The minimum absolute atomic E-state index is 0.287. The molecule has 1 amide bonds. The van der Waals surface area contributed by atoms with E-state index in [4.69, 9.17) is 0 Å². The summed E-state index contributed by atoms with van der Waals surface area (Å²) in [4.78, 5) is 13.7. The lowest BCUT2D eigenvalue weighted by Gasteiger charge is -2.24. The zero-order chi connectivity index (χ0) is 9.80. The molecule has 0 saturated carbocycles. The first-order valence-electron chi connectivity index (χ1n) is 5.10. The summed E-state index contributed by atoms with van der Waals surface area (Å²) >= 11 is 1.94. The van der Waals surface area contributed by atoms with E-state index < -0.39 is 0 Å². The fraction of sp³-hybridized carbons (Fsp3) is 0.700. The molecule has 2 aliphatic heterocycles. The van der Waals surface area contributed by atoms with Crippen LogP contribution in [0.4, 0.5) is 0 Å². The van der Waals surface area contributed by atoms with Crippen LogP contribution >= 0.6 is 11.8 Å². The molecule has 2 rings (SSSR count). The van der Waals surface area contributed by atoms with Crippen LogP contribution in [0.2, 0.25) is 0 Å². The Hall–Kier alpha value is -0.480. The van der Waals surface area contributed by atoms with Gasteiger partial charge in [-0.3, -0.25) is 4.79 Å². The van der Waals surface area contributed by atoms with Crippen LogP contribution in [0.25, 0.3) is 0 Å². The molecule has 1 unspecified atom stereocenters. The Balaban J connectivity index is 1.75. The quantitative estimate of drug-likeness (QED) is 0.676. The maximum Gasteiger partial charge on any atom is 0.224 e. The fourth-order valence-corrected chi connectivity index (χ4v) is 2.72. The lowest BCUT2D eigenvalue weighted by atomic mass is 10.2. The first-order valence-corrected chi connectivity index (χ1v) is 6.25. The molecule has 0 aromatic rings. The summed E-state index contributed by atoms with van der Waals surface area (Å²) in [5, 5.41) is 3.38. The Kier molecular flexibility index (Phi) is 3.48. The Morgan fingerprint density at radius 1 is 1.50 bits per heavy atom. The summed E-state index contributed by atoms with van der Waals surface area (Å²) in [6.45, 7) is 2.65. The average molecular weight is 212 g/mol. The number of hydrogen-bond donors (Lipinski definition) is 1. The van der Waals surface area contributed by atoms with Crippen molar-refractivity contribution in [3.63, 3.8) is 0 Å². The Labute approximate surface area is 88.9 Å². The molecule has 1 fully saturated rings. The van der Waals surface area contributed by atoms with Gasteiger partial charge >= 0.3 is 0 Å². The molecule has 1 saturated heterocycles. The van der Waals surface area contributed by atoms with Crippen molar-refractivity contribution in [2.24, 2.45) is 0 Å². The van der Waals surface area contributed by atoms with Crippen LogP contribution in [-0.2, 0) is 4.79 Å². The van der Waals surface area contributed by atoms with E-state index in [1.54, 1.807) is 0 Å².